The number of aromatic nitrogens is 2. The zero-order valence-electron chi connectivity index (χ0n) is 15.8. The quantitative estimate of drug-likeness (QED) is 0.534. The van der Waals surface area contributed by atoms with E-state index in [1.807, 2.05) is 41.3 Å². The summed E-state index contributed by atoms with van der Waals surface area (Å²) in [5.74, 6) is 0.958. The Bertz CT molecular complexity index is 1200. The van der Waals surface area contributed by atoms with Gasteiger partial charge in [-0.15, -0.1) is 0 Å². The van der Waals surface area contributed by atoms with E-state index in [9.17, 15) is 4.79 Å². The maximum atomic E-state index is 12.6. The van der Waals surface area contributed by atoms with E-state index in [-0.39, 0.29) is 6.03 Å². The SMILES string of the molecule is O=C(Nc1ccccc1Cl)N1CCN(c2nc3ccccc3n3cccc23)CC1. The number of carbonyl (C=O) groups excluding carboxylic acids is 1. The molecule has 0 bridgehead atoms. The van der Waals surface area contributed by atoms with Crippen LogP contribution >= 0.6 is 11.6 Å². The first-order chi connectivity index (χ1) is 14.2. The summed E-state index contributed by atoms with van der Waals surface area (Å²) in [5, 5.41) is 3.44. The van der Waals surface area contributed by atoms with Gasteiger partial charge in [-0.2, -0.15) is 0 Å². The topological polar surface area (TPSA) is 52.9 Å². The Balaban J connectivity index is 1.35. The van der Waals surface area contributed by atoms with E-state index in [0.29, 0.717) is 23.8 Å². The van der Waals surface area contributed by atoms with E-state index in [1.165, 1.54) is 0 Å². The first-order valence-corrected chi connectivity index (χ1v) is 10.00. The van der Waals surface area contributed by atoms with Gasteiger partial charge >= 0.3 is 6.03 Å². The third kappa shape index (κ3) is 3.25. The van der Waals surface area contributed by atoms with Crippen LogP contribution in [0, 0.1) is 0 Å². The molecular formula is C22H20ClN5O. The van der Waals surface area contributed by atoms with Crippen molar-refractivity contribution in [3.63, 3.8) is 0 Å². The van der Waals surface area contributed by atoms with Crippen molar-refractivity contribution in [3.8, 4) is 0 Å². The predicted octanol–water partition coefficient (Wildman–Crippen LogP) is 4.50. The molecule has 146 valence electrons. The highest BCUT2D eigenvalue weighted by atomic mass is 35.5. The molecule has 1 aliphatic heterocycles. The second-order valence-electron chi connectivity index (χ2n) is 7.07. The molecule has 1 saturated heterocycles. The average Bonchev–Trinajstić information content (AvgIpc) is 3.25. The number of halogens is 1. The van der Waals surface area contributed by atoms with Crippen molar-refractivity contribution in [2.75, 3.05) is 36.4 Å². The number of hydrogen-bond acceptors (Lipinski definition) is 3. The van der Waals surface area contributed by atoms with Gasteiger partial charge in [-0.05, 0) is 36.4 Å². The van der Waals surface area contributed by atoms with Gasteiger partial charge in [0.25, 0.3) is 0 Å². The van der Waals surface area contributed by atoms with Crippen LogP contribution in [0.4, 0.5) is 16.3 Å². The monoisotopic (exact) mass is 405 g/mol. The molecule has 0 unspecified atom stereocenters. The van der Waals surface area contributed by atoms with Crippen LogP contribution in [-0.2, 0) is 0 Å². The second-order valence-corrected chi connectivity index (χ2v) is 7.48. The van der Waals surface area contributed by atoms with Crippen LogP contribution in [0.15, 0.2) is 66.9 Å². The number of carbonyl (C=O) groups is 1. The number of hydrogen-bond donors (Lipinski definition) is 1. The summed E-state index contributed by atoms with van der Waals surface area (Å²) < 4.78 is 2.17. The van der Waals surface area contributed by atoms with E-state index in [4.69, 9.17) is 16.6 Å². The van der Waals surface area contributed by atoms with Crippen LogP contribution in [0.3, 0.4) is 0 Å². The first-order valence-electron chi connectivity index (χ1n) is 9.62. The minimum atomic E-state index is -0.128. The minimum absolute atomic E-state index is 0.128. The zero-order valence-corrected chi connectivity index (χ0v) is 16.5. The molecule has 2 aromatic heterocycles. The van der Waals surface area contributed by atoms with Crippen molar-refractivity contribution in [1.82, 2.24) is 14.3 Å². The Kier molecular flexibility index (Phi) is 4.48. The molecule has 1 fully saturated rings. The number of para-hydroxylation sites is 3. The summed E-state index contributed by atoms with van der Waals surface area (Å²) >= 11 is 6.15. The molecular weight excluding hydrogens is 386 g/mol. The van der Waals surface area contributed by atoms with E-state index in [1.54, 1.807) is 12.1 Å². The smallest absolute Gasteiger partial charge is 0.322 e. The molecule has 0 radical (unpaired) electrons. The molecule has 29 heavy (non-hydrogen) atoms. The van der Waals surface area contributed by atoms with Crippen LogP contribution in [0.25, 0.3) is 16.6 Å². The summed E-state index contributed by atoms with van der Waals surface area (Å²) in [6.07, 6.45) is 2.07. The van der Waals surface area contributed by atoms with Crippen molar-refractivity contribution in [2.45, 2.75) is 0 Å². The number of fused-ring (bicyclic) bond motifs is 3. The third-order valence-corrected chi connectivity index (χ3v) is 5.66. The fourth-order valence-electron chi connectivity index (χ4n) is 3.82. The molecule has 3 heterocycles. The van der Waals surface area contributed by atoms with Gasteiger partial charge in [0.2, 0.25) is 0 Å². The summed E-state index contributed by atoms with van der Waals surface area (Å²) in [7, 11) is 0. The van der Waals surface area contributed by atoms with Crippen LogP contribution in [0.2, 0.25) is 5.02 Å². The zero-order chi connectivity index (χ0) is 19.8. The average molecular weight is 406 g/mol. The Morgan fingerprint density at radius 1 is 0.897 bits per heavy atom. The van der Waals surface area contributed by atoms with Crippen LogP contribution in [0.1, 0.15) is 0 Å². The highest BCUT2D eigenvalue weighted by Crippen LogP contribution is 2.26. The number of anilines is 2. The fraction of sp³-hybridized carbons (Fsp3) is 0.182. The van der Waals surface area contributed by atoms with E-state index >= 15 is 0 Å². The maximum absolute atomic E-state index is 12.6. The summed E-state index contributed by atoms with van der Waals surface area (Å²) in [4.78, 5) is 21.6. The number of urea groups is 1. The maximum Gasteiger partial charge on any atom is 0.322 e. The molecule has 0 spiro atoms. The molecule has 1 aliphatic rings. The lowest BCUT2D eigenvalue weighted by Gasteiger charge is -2.35. The second kappa shape index (κ2) is 7.29. The van der Waals surface area contributed by atoms with Crippen molar-refractivity contribution in [1.29, 1.82) is 0 Å². The Labute approximate surface area is 173 Å². The minimum Gasteiger partial charge on any atom is -0.351 e. The van der Waals surface area contributed by atoms with E-state index in [0.717, 1.165) is 35.5 Å². The predicted molar refractivity (Wildman–Crippen MR) is 117 cm³/mol. The summed E-state index contributed by atoms with van der Waals surface area (Å²) in [6.45, 7) is 2.69. The van der Waals surface area contributed by atoms with Gasteiger partial charge in [0.1, 0.15) is 0 Å². The van der Waals surface area contributed by atoms with Crippen molar-refractivity contribution in [2.24, 2.45) is 0 Å². The number of amides is 2. The largest absolute Gasteiger partial charge is 0.351 e. The number of nitrogens with one attached hydrogen (secondary N) is 1. The molecule has 1 N–H and O–H groups in total. The molecule has 6 nitrogen and oxygen atoms in total. The molecule has 2 amide bonds. The van der Waals surface area contributed by atoms with Crippen LogP contribution in [0.5, 0.6) is 0 Å². The molecule has 4 aromatic rings. The fourth-order valence-corrected chi connectivity index (χ4v) is 4.00. The van der Waals surface area contributed by atoms with Gasteiger partial charge in [0.15, 0.2) is 5.82 Å². The van der Waals surface area contributed by atoms with Gasteiger partial charge in [-0.25, -0.2) is 9.78 Å². The van der Waals surface area contributed by atoms with Gasteiger partial charge in [0.05, 0.1) is 27.3 Å². The normalized spacial score (nSPS) is 14.5. The van der Waals surface area contributed by atoms with Gasteiger partial charge in [-0.1, -0.05) is 35.9 Å². The highest BCUT2D eigenvalue weighted by Gasteiger charge is 2.24. The van der Waals surface area contributed by atoms with Gasteiger partial charge in [-0.3, -0.25) is 0 Å². The number of piperazine rings is 1. The van der Waals surface area contributed by atoms with Gasteiger partial charge < -0.3 is 19.5 Å². The lowest BCUT2D eigenvalue weighted by molar-refractivity contribution is 0.208. The lowest BCUT2D eigenvalue weighted by atomic mass is 10.2. The number of benzene rings is 2. The van der Waals surface area contributed by atoms with Crippen molar-refractivity contribution >= 4 is 45.7 Å². The number of rotatable bonds is 2. The Morgan fingerprint density at radius 2 is 1.62 bits per heavy atom. The van der Waals surface area contributed by atoms with Crippen molar-refractivity contribution < 1.29 is 4.79 Å². The highest BCUT2D eigenvalue weighted by molar-refractivity contribution is 6.33. The lowest BCUT2D eigenvalue weighted by Crippen LogP contribution is -2.50. The van der Waals surface area contributed by atoms with Crippen LogP contribution < -0.4 is 10.2 Å². The third-order valence-electron chi connectivity index (χ3n) is 5.33. The summed E-state index contributed by atoms with van der Waals surface area (Å²) in [5.41, 5.74) is 3.77. The van der Waals surface area contributed by atoms with E-state index in [2.05, 4.69) is 32.9 Å². The molecule has 0 atom stereocenters. The molecule has 0 saturated carbocycles. The molecule has 0 aliphatic carbocycles. The van der Waals surface area contributed by atoms with Crippen LogP contribution in [-0.4, -0.2) is 46.5 Å². The first kappa shape index (κ1) is 17.8. The Morgan fingerprint density at radius 3 is 2.45 bits per heavy atom. The van der Waals surface area contributed by atoms with E-state index < -0.39 is 0 Å². The molecule has 5 rings (SSSR count). The Hall–Kier alpha value is -3.25. The molecule has 7 heteroatoms. The number of nitrogens with zero attached hydrogens (tertiary/aromatic N) is 4. The van der Waals surface area contributed by atoms with Gasteiger partial charge in [0, 0.05) is 32.4 Å². The van der Waals surface area contributed by atoms with Crippen molar-refractivity contribution in [3.05, 3.63) is 71.9 Å². The summed E-state index contributed by atoms with van der Waals surface area (Å²) in [6, 6.07) is 19.4. The molecule has 2 aromatic carbocycles. The standard InChI is InChI=1S/C22H20ClN5O/c23-16-6-1-2-7-17(16)25-22(29)27-14-12-26(13-15-27)21-20-10-5-11-28(20)19-9-4-3-8-18(19)24-21/h1-11H,12-15H2,(H,25,29).